The van der Waals surface area contributed by atoms with Gasteiger partial charge in [0.15, 0.2) is 0 Å². The standard InChI is InChI=1S/C23H24N4O/c1-17(9-10-20-7-5-4-6-8-20)24-25-23(28)22-13-11-21(12-14-22)16-27-19(3)15-18(2)26-27/h4-15H,16H2,1-3H3,(H,25,28)/b10-9-,24-17?. The topological polar surface area (TPSA) is 59.3 Å². The van der Waals surface area contributed by atoms with Gasteiger partial charge in [-0.2, -0.15) is 10.2 Å². The quantitative estimate of drug-likeness (QED) is 0.516. The van der Waals surface area contributed by atoms with Gasteiger partial charge in [-0.05, 0) is 56.2 Å². The molecule has 0 spiro atoms. The predicted octanol–water partition coefficient (Wildman–Crippen LogP) is 4.37. The minimum atomic E-state index is -0.231. The van der Waals surface area contributed by atoms with Gasteiger partial charge in [0.05, 0.1) is 18.0 Å². The number of nitrogens with one attached hydrogen (secondary N) is 1. The summed E-state index contributed by atoms with van der Waals surface area (Å²) in [5.41, 5.74) is 8.18. The molecule has 142 valence electrons. The lowest BCUT2D eigenvalue weighted by Gasteiger charge is -2.06. The number of hydrazone groups is 1. The van der Waals surface area contributed by atoms with Gasteiger partial charge >= 0.3 is 0 Å². The second-order valence-electron chi connectivity index (χ2n) is 6.72. The van der Waals surface area contributed by atoms with E-state index in [4.69, 9.17) is 0 Å². The van der Waals surface area contributed by atoms with E-state index in [2.05, 4.69) is 15.6 Å². The van der Waals surface area contributed by atoms with Crippen molar-refractivity contribution in [1.82, 2.24) is 15.2 Å². The number of aryl methyl sites for hydroxylation is 2. The molecule has 0 radical (unpaired) electrons. The van der Waals surface area contributed by atoms with Crippen molar-refractivity contribution in [2.75, 3.05) is 0 Å². The minimum Gasteiger partial charge on any atom is -0.267 e. The van der Waals surface area contributed by atoms with Crippen molar-refractivity contribution in [3.05, 3.63) is 94.8 Å². The summed E-state index contributed by atoms with van der Waals surface area (Å²) in [6.45, 7) is 6.54. The van der Waals surface area contributed by atoms with Crippen LogP contribution < -0.4 is 5.43 Å². The summed E-state index contributed by atoms with van der Waals surface area (Å²) < 4.78 is 1.96. The SMILES string of the molecule is CC(/C=C\c1ccccc1)=NNC(=O)c1ccc(Cn2nc(C)cc2C)cc1. The van der Waals surface area contributed by atoms with Gasteiger partial charge < -0.3 is 0 Å². The first-order valence-corrected chi connectivity index (χ1v) is 9.19. The van der Waals surface area contributed by atoms with Crippen LogP contribution >= 0.6 is 0 Å². The lowest BCUT2D eigenvalue weighted by Crippen LogP contribution is -2.18. The highest BCUT2D eigenvalue weighted by molar-refractivity contribution is 5.99. The number of hydrogen-bond acceptors (Lipinski definition) is 3. The van der Waals surface area contributed by atoms with E-state index in [0.29, 0.717) is 12.1 Å². The molecule has 0 aliphatic rings. The number of amides is 1. The molecule has 0 aliphatic carbocycles. The molecule has 0 bridgehead atoms. The Morgan fingerprint density at radius 3 is 2.46 bits per heavy atom. The van der Waals surface area contributed by atoms with Crippen LogP contribution in [0.4, 0.5) is 0 Å². The largest absolute Gasteiger partial charge is 0.271 e. The van der Waals surface area contributed by atoms with E-state index < -0.39 is 0 Å². The molecule has 0 saturated carbocycles. The second-order valence-corrected chi connectivity index (χ2v) is 6.72. The summed E-state index contributed by atoms with van der Waals surface area (Å²) >= 11 is 0. The molecule has 0 unspecified atom stereocenters. The Balaban J connectivity index is 1.58. The highest BCUT2D eigenvalue weighted by Gasteiger charge is 2.06. The molecule has 1 heterocycles. The Kier molecular flexibility index (Phi) is 6.17. The Morgan fingerprint density at radius 2 is 1.82 bits per heavy atom. The molecule has 5 nitrogen and oxygen atoms in total. The molecule has 0 saturated heterocycles. The molecule has 2 aromatic carbocycles. The van der Waals surface area contributed by atoms with Crippen molar-refractivity contribution in [2.24, 2.45) is 5.10 Å². The number of carbonyl (C=O) groups is 1. The van der Waals surface area contributed by atoms with Gasteiger partial charge in [0.25, 0.3) is 5.91 Å². The number of allylic oxidation sites excluding steroid dienone is 1. The molecule has 0 atom stereocenters. The van der Waals surface area contributed by atoms with Crippen molar-refractivity contribution in [3.63, 3.8) is 0 Å². The van der Waals surface area contributed by atoms with Crippen molar-refractivity contribution in [3.8, 4) is 0 Å². The normalized spacial score (nSPS) is 11.8. The summed E-state index contributed by atoms with van der Waals surface area (Å²) in [5, 5.41) is 8.60. The maximum Gasteiger partial charge on any atom is 0.271 e. The van der Waals surface area contributed by atoms with E-state index in [1.54, 1.807) is 12.1 Å². The number of nitrogens with zero attached hydrogens (tertiary/aromatic N) is 3. The summed E-state index contributed by atoms with van der Waals surface area (Å²) in [7, 11) is 0. The third-order valence-electron chi connectivity index (χ3n) is 4.30. The van der Waals surface area contributed by atoms with Gasteiger partial charge in [-0.1, -0.05) is 48.5 Å². The lowest BCUT2D eigenvalue weighted by molar-refractivity contribution is 0.0955. The van der Waals surface area contributed by atoms with Crippen LogP contribution in [0.1, 0.15) is 39.8 Å². The molecule has 3 rings (SSSR count). The average molecular weight is 372 g/mol. The fourth-order valence-corrected chi connectivity index (χ4v) is 2.79. The maximum absolute atomic E-state index is 12.3. The summed E-state index contributed by atoms with van der Waals surface area (Å²) in [6.07, 6.45) is 3.83. The fraction of sp³-hybridized carbons (Fsp3) is 0.174. The van der Waals surface area contributed by atoms with Gasteiger partial charge in [0, 0.05) is 11.3 Å². The Bertz CT molecular complexity index is 999. The summed E-state index contributed by atoms with van der Waals surface area (Å²) in [5.74, 6) is -0.231. The van der Waals surface area contributed by atoms with Crippen molar-refractivity contribution in [1.29, 1.82) is 0 Å². The van der Waals surface area contributed by atoms with Crippen LogP contribution in [0.25, 0.3) is 6.08 Å². The molecule has 3 aromatic rings. The van der Waals surface area contributed by atoms with E-state index in [1.165, 1.54) is 0 Å². The van der Waals surface area contributed by atoms with Crippen molar-refractivity contribution >= 4 is 17.7 Å². The molecule has 28 heavy (non-hydrogen) atoms. The monoisotopic (exact) mass is 372 g/mol. The van der Waals surface area contributed by atoms with Crippen molar-refractivity contribution < 1.29 is 4.79 Å². The highest BCUT2D eigenvalue weighted by Crippen LogP contribution is 2.09. The zero-order valence-electron chi connectivity index (χ0n) is 16.4. The minimum absolute atomic E-state index is 0.231. The van der Waals surface area contributed by atoms with Crippen LogP contribution in [0.5, 0.6) is 0 Å². The molecular weight excluding hydrogens is 348 g/mol. The Hall–Kier alpha value is -3.47. The molecular formula is C23H24N4O. The van der Waals surface area contributed by atoms with Gasteiger partial charge in [-0.15, -0.1) is 0 Å². The van der Waals surface area contributed by atoms with Crippen LogP contribution in [-0.4, -0.2) is 21.4 Å². The zero-order chi connectivity index (χ0) is 19.9. The van der Waals surface area contributed by atoms with Gasteiger partial charge in [0.1, 0.15) is 0 Å². The molecule has 1 N–H and O–H groups in total. The van der Waals surface area contributed by atoms with Gasteiger partial charge in [0.2, 0.25) is 0 Å². The van der Waals surface area contributed by atoms with Crippen LogP contribution in [-0.2, 0) is 6.54 Å². The number of carbonyl (C=O) groups excluding carboxylic acids is 1. The van der Waals surface area contributed by atoms with Gasteiger partial charge in [-0.25, -0.2) is 5.43 Å². The summed E-state index contributed by atoms with van der Waals surface area (Å²) in [4.78, 5) is 12.3. The van der Waals surface area contributed by atoms with E-state index >= 15 is 0 Å². The predicted molar refractivity (Wildman–Crippen MR) is 113 cm³/mol. The molecule has 5 heteroatoms. The first-order chi connectivity index (χ1) is 13.5. The Labute approximate surface area is 165 Å². The Morgan fingerprint density at radius 1 is 1.11 bits per heavy atom. The van der Waals surface area contributed by atoms with E-state index in [9.17, 15) is 4.79 Å². The van der Waals surface area contributed by atoms with E-state index in [-0.39, 0.29) is 5.91 Å². The van der Waals surface area contributed by atoms with E-state index in [0.717, 1.165) is 28.2 Å². The van der Waals surface area contributed by atoms with Crippen LogP contribution in [0, 0.1) is 13.8 Å². The molecule has 0 fully saturated rings. The van der Waals surface area contributed by atoms with E-state index in [1.807, 2.05) is 86.1 Å². The van der Waals surface area contributed by atoms with Crippen LogP contribution in [0.3, 0.4) is 0 Å². The third kappa shape index (κ3) is 5.27. The number of aromatic nitrogens is 2. The zero-order valence-corrected chi connectivity index (χ0v) is 16.4. The smallest absolute Gasteiger partial charge is 0.267 e. The molecule has 1 aromatic heterocycles. The fourth-order valence-electron chi connectivity index (χ4n) is 2.79. The van der Waals surface area contributed by atoms with Crippen LogP contribution in [0.2, 0.25) is 0 Å². The number of rotatable bonds is 6. The number of benzene rings is 2. The summed E-state index contributed by atoms with van der Waals surface area (Å²) in [6, 6.07) is 19.5. The van der Waals surface area contributed by atoms with Gasteiger partial charge in [-0.3, -0.25) is 9.48 Å². The first kappa shape index (κ1) is 19.3. The first-order valence-electron chi connectivity index (χ1n) is 9.19. The highest BCUT2D eigenvalue weighted by atomic mass is 16.2. The van der Waals surface area contributed by atoms with Crippen LogP contribution in [0.15, 0.2) is 71.8 Å². The number of hydrogen-bond donors (Lipinski definition) is 1. The third-order valence-corrected chi connectivity index (χ3v) is 4.30. The molecule has 0 aliphatic heterocycles. The molecule has 1 amide bonds. The maximum atomic E-state index is 12.3. The average Bonchev–Trinajstić information content (AvgIpc) is 3.02. The second kappa shape index (κ2) is 8.95. The lowest BCUT2D eigenvalue weighted by atomic mass is 10.1. The van der Waals surface area contributed by atoms with Crippen molar-refractivity contribution in [2.45, 2.75) is 27.3 Å².